The highest BCUT2D eigenvalue weighted by Gasteiger charge is 2.18. The molecule has 29 heavy (non-hydrogen) atoms. The summed E-state index contributed by atoms with van der Waals surface area (Å²) < 4.78 is 13.4. The van der Waals surface area contributed by atoms with Crippen LogP contribution in [-0.4, -0.2) is 42.0 Å². The van der Waals surface area contributed by atoms with E-state index < -0.39 is 0 Å². The third kappa shape index (κ3) is 6.37. The molecule has 3 rings (SSSR count). The Morgan fingerprint density at radius 2 is 1.97 bits per heavy atom. The average Bonchev–Trinajstić information content (AvgIpc) is 3.22. The molecule has 2 heterocycles. The van der Waals surface area contributed by atoms with E-state index in [1.54, 1.807) is 12.1 Å². The molecule has 1 aliphatic heterocycles. The molecule has 8 heteroatoms. The summed E-state index contributed by atoms with van der Waals surface area (Å²) in [6.45, 7) is 7.27. The molecule has 160 valence electrons. The molecule has 0 radical (unpaired) electrons. The summed E-state index contributed by atoms with van der Waals surface area (Å²) in [6.07, 6.45) is 5.90. The molecule has 2 aromatic rings. The first-order valence-electron chi connectivity index (χ1n) is 10.2. The highest BCUT2D eigenvalue weighted by atomic mass is 35.5. The van der Waals surface area contributed by atoms with E-state index in [1.807, 2.05) is 23.0 Å². The second-order valence-corrected chi connectivity index (χ2v) is 6.99. The van der Waals surface area contributed by atoms with E-state index in [4.69, 9.17) is 9.47 Å². The largest absolute Gasteiger partial charge is 0.490 e. The predicted molar refractivity (Wildman–Crippen MR) is 117 cm³/mol. The molecule has 7 nitrogen and oxygen atoms in total. The number of hydrogen-bond acceptors (Lipinski definition) is 5. The average molecular weight is 423 g/mol. The second kappa shape index (κ2) is 11.7. The Bertz CT molecular complexity index is 775. The van der Waals surface area contributed by atoms with E-state index in [1.165, 1.54) is 0 Å². The number of hydrogen-bond donors (Lipinski definition) is 2. The number of nitrogens with one attached hydrogen (secondary N) is 2. The number of ether oxygens (including phenoxy) is 2. The molecule has 0 bridgehead atoms. The number of carbonyl (C=O) groups is 1. The van der Waals surface area contributed by atoms with E-state index in [0.717, 1.165) is 38.8 Å². The molecule has 1 fully saturated rings. The van der Waals surface area contributed by atoms with E-state index in [-0.39, 0.29) is 18.3 Å². The van der Waals surface area contributed by atoms with Crippen molar-refractivity contribution in [3.63, 3.8) is 0 Å². The molecule has 0 aliphatic carbocycles. The first-order valence-corrected chi connectivity index (χ1v) is 10.2. The highest BCUT2D eigenvalue weighted by molar-refractivity contribution is 6.02. The number of nitrogens with zero attached hydrogens (tertiary/aromatic N) is 2. The van der Waals surface area contributed by atoms with Crippen molar-refractivity contribution in [2.75, 3.05) is 31.6 Å². The Morgan fingerprint density at radius 3 is 2.66 bits per heavy atom. The van der Waals surface area contributed by atoms with Gasteiger partial charge in [-0.25, -0.2) is 0 Å². The van der Waals surface area contributed by atoms with Crippen molar-refractivity contribution in [2.45, 2.75) is 45.6 Å². The van der Waals surface area contributed by atoms with Gasteiger partial charge in [-0.15, -0.1) is 12.4 Å². The quantitative estimate of drug-likeness (QED) is 0.637. The van der Waals surface area contributed by atoms with Crippen molar-refractivity contribution in [3.05, 3.63) is 36.2 Å². The summed E-state index contributed by atoms with van der Waals surface area (Å²) in [5.41, 5.74) is 1.07. The van der Waals surface area contributed by atoms with Crippen LogP contribution < -0.4 is 20.1 Å². The van der Waals surface area contributed by atoms with Gasteiger partial charge >= 0.3 is 0 Å². The van der Waals surface area contributed by atoms with Gasteiger partial charge in [0.15, 0.2) is 17.2 Å². The van der Waals surface area contributed by atoms with Crippen molar-refractivity contribution in [3.8, 4) is 11.5 Å². The summed E-state index contributed by atoms with van der Waals surface area (Å²) in [5.74, 6) is 1.11. The van der Waals surface area contributed by atoms with Crippen LogP contribution in [0.25, 0.3) is 0 Å². The van der Waals surface area contributed by atoms with Crippen LogP contribution in [0.1, 0.15) is 56.1 Å². The van der Waals surface area contributed by atoms with Crippen molar-refractivity contribution >= 4 is 24.0 Å². The minimum absolute atomic E-state index is 0. The van der Waals surface area contributed by atoms with E-state index in [9.17, 15) is 4.79 Å². The van der Waals surface area contributed by atoms with Crippen LogP contribution in [0.15, 0.2) is 30.5 Å². The number of benzene rings is 1. The van der Waals surface area contributed by atoms with Crippen molar-refractivity contribution < 1.29 is 14.3 Å². The zero-order valence-corrected chi connectivity index (χ0v) is 18.0. The molecular weight excluding hydrogens is 392 g/mol. The fourth-order valence-electron chi connectivity index (χ4n) is 3.16. The monoisotopic (exact) mass is 422 g/mol. The van der Waals surface area contributed by atoms with Gasteiger partial charge in [0.25, 0.3) is 5.91 Å². The lowest BCUT2D eigenvalue weighted by Crippen LogP contribution is -2.32. The van der Waals surface area contributed by atoms with Crippen LogP contribution in [0.5, 0.6) is 11.5 Å². The van der Waals surface area contributed by atoms with Crippen molar-refractivity contribution in [1.82, 2.24) is 15.1 Å². The summed E-state index contributed by atoms with van der Waals surface area (Å²) in [6, 6.07) is 7.53. The lowest BCUT2D eigenvalue weighted by Gasteiger charge is -2.22. The van der Waals surface area contributed by atoms with Crippen LogP contribution in [0.3, 0.4) is 0 Å². The molecule has 1 saturated heterocycles. The number of piperidine rings is 1. The van der Waals surface area contributed by atoms with Crippen molar-refractivity contribution in [1.29, 1.82) is 0 Å². The normalized spacial score (nSPS) is 16.0. The number of aromatic nitrogens is 2. The minimum atomic E-state index is -0.230. The van der Waals surface area contributed by atoms with E-state index in [0.29, 0.717) is 42.1 Å². The number of amides is 1. The maximum Gasteiger partial charge on any atom is 0.276 e. The lowest BCUT2D eigenvalue weighted by molar-refractivity contribution is 0.102. The van der Waals surface area contributed by atoms with Crippen molar-refractivity contribution in [2.24, 2.45) is 0 Å². The number of halogens is 1. The summed E-state index contributed by atoms with van der Waals surface area (Å²) in [7, 11) is 0. The SMILES string of the molecule is CCCOc1ccc(NC(=O)c2ccn(C3CCCNC3)n2)cc1OCCC.Cl. The van der Waals surface area contributed by atoms with Gasteiger partial charge in [-0.2, -0.15) is 5.10 Å². The van der Waals surface area contributed by atoms with Gasteiger partial charge < -0.3 is 20.1 Å². The molecule has 1 aromatic heterocycles. The van der Waals surface area contributed by atoms with Crippen LogP contribution in [0, 0.1) is 0 Å². The third-order valence-corrected chi connectivity index (χ3v) is 4.61. The minimum Gasteiger partial charge on any atom is -0.490 e. The molecule has 1 unspecified atom stereocenters. The van der Waals surface area contributed by atoms with E-state index in [2.05, 4.69) is 29.6 Å². The van der Waals surface area contributed by atoms with Gasteiger partial charge in [-0.3, -0.25) is 9.48 Å². The van der Waals surface area contributed by atoms with E-state index >= 15 is 0 Å². The molecule has 1 aliphatic rings. The lowest BCUT2D eigenvalue weighted by atomic mass is 10.1. The van der Waals surface area contributed by atoms with Gasteiger partial charge in [0.05, 0.1) is 19.3 Å². The Morgan fingerprint density at radius 1 is 1.21 bits per heavy atom. The van der Waals surface area contributed by atoms with Gasteiger partial charge in [0.2, 0.25) is 0 Å². The molecule has 0 saturated carbocycles. The Hall–Kier alpha value is -2.25. The standard InChI is InChI=1S/C21H30N4O3.ClH/c1-3-12-27-19-8-7-16(14-20(19)28-13-4-2)23-21(26)18-9-11-25(24-18)17-6-5-10-22-15-17;/h7-9,11,14,17,22H,3-6,10,12-13,15H2,1-2H3,(H,23,26);1H. The zero-order chi connectivity index (χ0) is 19.8. The fourth-order valence-corrected chi connectivity index (χ4v) is 3.16. The fraction of sp³-hybridized carbons (Fsp3) is 0.524. The zero-order valence-electron chi connectivity index (χ0n) is 17.1. The Labute approximate surface area is 178 Å². The molecule has 1 aromatic carbocycles. The van der Waals surface area contributed by atoms with Gasteiger partial charge in [-0.1, -0.05) is 13.8 Å². The smallest absolute Gasteiger partial charge is 0.276 e. The molecule has 1 atom stereocenters. The number of rotatable bonds is 9. The van der Waals surface area contributed by atoms with Gasteiger partial charge in [0, 0.05) is 24.5 Å². The van der Waals surface area contributed by atoms with Gasteiger partial charge in [-0.05, 0) is 50.4 Å². The second-order valence-electron chi connectivity index (χ2n) is 6.99. The maximum absolute atomic E-state index is 12.6. The summed E-state index contributed by atoms with van der Waals surface area (Å²) >= 11 is 0. The maximum atomic E-state index is 12.6. The highest BCUT2D eigenvalue weighted by Crippen LogP contribution is 2.31. The molecular formula is C21H31ClN4O3. The van der Waals surface area contributed by atoms with Crippen LogP contribution in [0.2, 0.25) is 0 Å². The predicted octanol–water partition coefficient (Wildman–Crippen LogP) is 4.06. The summed E-state index contributed by atoms with van der Waals surface area (Å²) in [4.78, 5) is 12.6. The molecule has 0 spiro atoms. The molecule has 1 amide bonds. The Balaban J connectivity index is 0.00000300. The third-order valence-electron chi connectivity index (χ3n) is 4.61. The van der Waals surface area contributed by atoms with Crippen LogP contribution in [0.4, 0.5) is 5.69 Å². The van der Waals surface area contributed by atoms with Crippen LogP contribution in [-0.2, 0) is 0 Å². The molecule has 2 N–H and O–H groups in total. The van der Waals surface area contributed by atoms with Gasteiger partial charge in [0.1, 0.15) is 0 Å². The first-order chi connectivity index (χ1) is 13.7. The van der Waals surface area contributed by atoms with Crippen LogP contribution >= 0.6 is 12.4 Å². The first kappa shape index (κ1) is 23.0. The summed E-state index contributed by atoms with van der Waals surface area (Å²) in [5, 5.41) is 10.7. The number of carbonyl (C=O) groups excluding carboxylic acids is 1. The Kier molecular flexibility index (Phi) is 9.28. The topological polar surface area (TPSA) is 77.4 Å². The number of anilines is 1.